The molecule has 4 N–H and O–H groups in total. The molecule has 1 amide bonds. The second kappa shape index (κ2) is 5.82. The van der Waals surface area contributed by atoms with E-state index in [-0.39, 0.29) is 11.8 Å². The summed E-state index contributed by atoms with van der Waals surface area (Å²) < 4.78 is 0. The fourth-order valence-electron chi connectivity index (χ4n) is 1.42. The first-order chi connectivity index (χ1) is 7.95. The minimum atomic E-state index is -0.487. The first-order valence-corrected chi connectivity index (χ1v) is 6.07. The highest BCUT2D eigenvalue weighted by Crippen LogP contribution is 2.15. The van der Waals surface area contributed by atoms with Gasteiger partial charge in [0.2, 0.25) is 5.91 Å². The van der Waals surface area contributed by atoms with E-state index in [1.807, 2.05) is 19.9 Å². The number of hydrogen-bond donors (Lipinski definition) is 3. The Bertz CT molecular complexity index is 372. The molecular weight excluding hydrogens is 216 g/mol. The van der Waals surface area contributed by atoms with E-state index in [0.717, 1.165) is 12.1 Å². The van der Waals surface area contributed by atoms with Crippen molar-refractivity contribution >= 4 is 11.7 Å². The van der Waals surface area contributed by atoms with E-state index in [9.17, 15) is 4.79 Å². The largest absolute Gasteiger partial charge is 0.320 e. The van der Waals surface area contributed by atoms with E-state index in [1.54, 1.807) is 0 Å². The minimum absolute atomic E-state index is 0.165. The van der Waals surface area contributed by atoms with Gasteiger partial charge in [-0.1, -0.05) is 34.1 Å². The van der Waals surface area contributed by atoms with Crippen molar-refractivity contribution in [3.63, 3.8) is 0 Å². The van der Waals surface area contributed by atoms with Crippen LogP contribution in [-0.2, 0) is 4.79 Å². The summed E-state index contributed by atoms with van der Waals surface area (Å²) in [6.07, 6.45) is 0.881. The minimum Gasteiger partial charge on any atom is -0.320 e. The van der Waals surface area contributed by atoms with Gasteiger partial charge in [-0.15, -0.1) is 0 Å². The summed E-state index contributed by atoms with van der Waals surface area (Å²) in [7, 11) is 0. The predicted molar refractivity (Wildman–Crippen MR) is 68.7 cm³/mol. The second-order valence-corrected chi connectivity index (χ2v) is 4.76. The van der Waals surface area contributed by atoms with Gasteiger partial charge in [0.05, 0.1) is 6.04 Å². The molecule has 1 aromatic heterocycles. The standard InChI is InChI=1S/C12H22N4O/c1-5-8(4)11(13)12(17)14-10-6-9(7(2)3)15-16-10/h6-8,11H,5,13H2,1-4H3,(H2,14,15,16,17)/t8-,11-/m0/s1. The number of aromatic nitrogens is 2. The Hall–Kier alpha value is -1.36. The van der Waals surface area contributed by atoms with Crippen molar-refractivity contribution in [1.82, 2.24) is 10.2 Å². The molecule has 0 aliphatic carbocycles. The van der Waals surface area contributed by atoms with Crippen LogP contribution < -0.4 is 11.1 Å². The third kappa shape index (κ3) is 3.56. The molecular formula is C12H22N4O. The number of anilines is 1. The number of rotatable bonds is 5. The molecule has 0 radical (unpaired) electrons. The van der Waals surface area contributed by atoms with Gasteiger partial charge in [0, 0.05) is 11.8 Å². The van der Waals surface area contributed by atoms with Crippen LogP contribution >= 0.6 is 0 Å². The van der Waals surface area contributed by atoms with Crippen molar-refractivity contribution in [1.29, 1.82) is 0 Å². The Labute approximate surface area is 102 Å². The van der Waals surface area contributed by atoms with Crippen LogP contribution in [0.1, 0.15) is 45.7 Å². The number of amides is 1. The van der Waals surface area contributed by atoms with Crippen molar-refractivity contribution in [3.8, 4) is 0 Å². The number of nitrogens with zero attached hydrogens (tertiary/aromatic N) is 1. The van der Waals surface area contributed by atoms with Gasteiger partial charge in [-0.05, 0) is 11.8 Å². The van der Waals surface area contributed by atoms with Crippen LogP contribution in [0.15, 0.2) is 6.07 Å². The van der Waals surface area contributed by atoms with Crippen molar-refractivity contribution < 1.29 is 4.79 Å². The zero-order valence-corrected chi connectivity index (χ0v) is 10.9. The number of carbonyl (C=O) groups is 1. The monoisotopic (exact) mass is 238 g/mol. The summed E-state index contributed by atoms with van der Waals surface area (Å²) in [5.74, 6) is 0.883. The fraction of sp³-hybridized carbons (Fsp3) is 0.667. The lowest BCUT2D eigenvalue weighted by Crippen LogP contribution is -2.40. The zero-order valence-electron chi connectivity index (χ0n) is 10.9. The van der Waals surface area contributed by atoms with Gasteiger partial charge in [0.15, 0.2) is 5.82 Å². The van der Waals surface area contributed by atoms with Crippen LogP contribution in [-0.4, -0.2) is 22.1 Å². The van der Waals surface area contributed by atoms with Gasteiger partial charge in [0.1, 0.15) is 0 Å². The molecule has 1 heterocycles. The molecule has 5 heteroatoms. The van der Waals surface area contributed by atoms with E-state index in [1.165, 1.54) is 0 Å². The van der Waals surface area contributed by atoms with Gasteiger partial charge in [0.25, 0.3) is 0 Å². The zero-order chi connectivity index (χ0) is 13.0. The normalized spacial score (nSPS) is 14.7. The average Bonchev–Trinajstić information content (AvgIpc) is 2.75. The summed E-state index contributed by atoms with van der Waals surface area (Å²) >= 11 is 0. The maximum Gasteiger partial charge on any atom is 0.242 e. The Morgan fingerprint density at radius 3 is 2.65 bits per heavy atom. The van der Waals surface area contributed by atoms with Crippen molar-refractivity contribution in [2.24, 2.45) is 11.7 Å². The summed E-state index contributed by atoms with van der Waals surface area (Å²) in [6, 6.07) is 1.35. The van der Waals surface area contributed by atoms with Crippen molar-refractivity contribution in [2.45, 2.75) is 46.1 Å². The topological polar surface area (TPSA) is 83.8 Å². The molecule has 17 heavy (non-hydrogen) atoms. The van der Waals surface area contributed by atoms with E-state index in [2.05, 4.69) is 29.4 Å². The summed E-state index contributed by atoms with van der Waals surface area (Å²) in [6.45, 7) is 8.10. The second-order valence-electron chi connectivity index (χ2n) is 4.76. The lowest BCUT2D eigenvalue weighted by molar-refractivity contribution is -0.118. The maximum absolute atomic E-state index is 11.8. The van der Waals surface area contributed by atoms with Crippen LogP contribution in [0.3, 0.4) is 0 Å². The Kier molecular flexibility index (Phi) is 4.69. The Balaban J connectivity index is 2.61. The molecule has 0 bridgehead atoms. The summed E-state index contributed by atoms with van der Waals surface area (Å²) in [5.41, 5.74) is 6.83. The number of carbonyl (C=O) groups excluding carboxylic acids is 1. The molecule has 5 nitrogen and oxygen atoms in total. The Morgan fingerprint density at radius 2 is 2.18 bits per heavy atom. The van der Waals surface area contributed by atoms with Gasteiger partial charge in [-0.25, -0.2) is 0 Å². The average molecular weight is 238 g/mol. The first kappa shape index (κ1) is 13.7. The van der Waals surface area contributed by atoms with Gasteiger partial charge in [-0.3, -0.25) is 9.89 Å². The van der Waals surface area contributed by atoms with Gasteiger partial charge >= 0.3 is 0 Å². The van der Waals surface area contributed by atoms with E-state index >= 15 is 0 Å². The summed E-state index contributed by atoms with van der Waals surface area (Å²) in [5, 5.41) is 9.65. The lowest BCUT2D eigenvalue weighted by atomic mass is 9.99. The molecule has 0 unspecified atom stereocenters. The quantitative estimate of drug-likeness (QED) is 0.732. The van der Waals surface area contributed by atoms with Crippen LogP contribution in [0, 0.1) is 5.92 Å². The smallest absolute Gasteiger partial charge is 0.242 e. The van der Waals surface area contributed by atoms with Crippen LogP contribution in [0.25, 0.3) is 0 Å². The summed E-state index contributed by atoms with van der Waals surface area (Å²) in [4.78, 5) is 11.8. The number of hydrogen-bond acceptors (Lipinski definition) is 3. The molecule has 96 valence electrons. The first-order valence-electron chi connectivity index (χ1n) is 6.07. The Morgan fingerprint density at radius 1 is 1.53 bits per heavy atom. The van der Waals surface area contributed by atoms with Crippen LogP contribution in [0.5, 0.6) is 0 Å². The SMILES string of the molecule is CC[C@H](C)[C@H](N)C(=O)Nc1cc(C(C)C)[nH]n1. The van der Waals surface area contributed by atoms with Gasteiger partial charge in [-0.2, -0.15) is 5.10 Å². The molecule has 0 aromatic carbocycles. The molecule has 1 rings (SSSR count). The maximum atomic E-state index is 11.8. The third-order valence-corrected chi connectivity index (χ3v) is 3.03. The highest BCUT2D eigenvalue weighted by atomic mass is 16.2. The molecule has 0 saturated heterocycles. The molecule has 0 spiro atoms. The van der Waals surface area contributed by atoms with E-state index < -0.39 is 6.04 Å². The lowest BCUT2D eigenvalue weighted by Gasteiger charge is -2.16. The van der Waals surface area contributed by atoms with Crippen LogP contribution in [0.2, 0.25) is 0 Å². The predicted octanol–water partition coefficient (Wildman–Crippen LogP) is 1.84. The van der Waals surface area contributed by atoms with Crippen molar-refractivity contribution in [2.75, 3.05) is 5.32 Å². The number of H-pyrrole nitrogens is 1. The number of nitrogens with two attached hydrogens (primary N) is 1. The molecule has 0 aliphatic heterocycles. The van der Waals surface area contributed by atoms with E-state index in [4.69, 9.17) is 5.73 Å². The molecule has 1 aromatic rings. The van der Waals surface area contributed by atoms with Crippen molar-refractivity contribution in [3.05, 3.63) is 11.8 Å². The van der Waals surface area contributed by atoms with Gasteiger partial charge < -0.3 is 11.1 Å². The highest BCUT2D eigenvalue weighted by molar-refractivity contribution is 5.94. The molecule has 0 fully saturated rings. The fourth-order valence-corrected chi connectivity index (χ4v) is 1.42. The van der Waals surface area contributed by atoms with Crippen LogP contribution in [0.4, 0.5) is 5.82 Å². The number of nitrogens with one attached hydrogen (secondary N) is 2. The molecule has 0 saturated carbocycles. The highest BCUT2D eigenvalue weighted by Gasteiger charge is 2.20. The molecule has 2 atom stereocenters. The molecule has 0 aliphatic rings. The van der Waals surface area contributed by atoms with E-state index in [0.29, 0.717) is 11.7 Å². The number of aromatic amines is 1. The third-order valence-electron chi connectivity index (χ3n) is 3.03.